The smallest absolute Gasteiger partial charge is 0.224 e. The number of hydrogen-bond donors (Lipinski definition) is 2. The standard InChI is InChI=1S/C12H16F2N2O/c1-8(5-6-15)16-12(17)7-9-10(13)3-2-4-11(9)14/h2-4,8H,5-7,15H2,1H3,(H,16,17). The van der Waals surface area contributed by atoms with Gasteiger partial charge < -0.3 is 11.1 Å². The monoisotopic (exact) mass is 242 g/mol. The van der Waals surface area contributed by atoms with E-state index in [0.29, 0.717) is 13.0 Å². The van der Waals surface area contributed by atoms with Gasteiger partial charge in [0.05, 0.1) is 6.42 Å². The third-order valence-electron chi connectivity index (χ3n) is 2.41. The number of benzene rings is 1. The van der Waals surface area contributed by atoms with Crippen LogP contribution in [-0.2, 0) is 11.2 Å². The molecule has 0 saturated heterocycles. The van der Waals surface area contributed by atoms with Gasteiger partial charge in [0, 0.05) is 11.6 Å². The highest BCUT2D eigenvalue weighted by Crippen LogP contribution is 2.12. The number of carbonyl (C=O) groups excluding carboxylic acids is 1. The number of carbonyl (C=O) groups is 1. The second kappa shape index (κ2) is 6.30. The Kier molecular flexibility index (Phi) is 5.03. The Balaban J connectivity index is 2.62. The fourth-order valence-corrected chi connectivity index (χ4v) is 1.51. The molecule has 1 atom stereocenters. The number of nitrogens with two attached hydrogens (primary N) is 1. The van der Waals surface area contributed by atoms with Crippen molar-refractivity contribution in [3.8, 4) is 0 Å². The van der Waals surface area contributed by atoms with Crippen LogP contribution in [0.4, 0.5) is 8.78 Å². The molecule has 0 saturated carbocycles. The van der Waals surface area contributed by atoms with Crippen LogP contribution in [0.2, 0.25) is 0 Å². The van der Waals surface area contributed by atoms with Crippen molar-refractivity contribution in [3.63, 3.8) is 0 Å². The van der Waals surface area contributed by atoms with Crippen LogP contribution >= 0.6 is 0 Å². The Bertz CT molecular complexity index is 376. The van der Waals surface area contributed by atoms with E-state index < -0.39 is 17.5 Å². The molecule has 0 aliphatic heterocycles. The Labute approximate surface area is 99.0 Å². The molecule has 0 aromatic heterocycles. The second-order valence-electron chi connectivity index (χ2n) is 3.92. The molecule has 0 fully saturated rings. The Hall–Kier alpha value is -1.49. The maximum absolute atomic E-state index is 13.3. The molecule has 0 heterocycles. The highest BCUT2D eigenvalue weighted by Gasteiger charge is 2.14. The lowest BCUT2D eigenvalue weighted by atomic mass is 10.1. The van der Waals surface area contributed by atoms with Crippen molar-refractivity contribution in [2.24, 2.45) is 5.73 Å². The molecular formula is C12H16F2N2O. The van der Waals surface area contributed by atoms with E-state index >= 15 is 0 Å². The zero-order valence-electron chi connectivity index (χ0n) is 9.67. The van der Waals surface area contributed by atoms with Gasteiger partial charge in [-0.2, -0.15) is 0 Å². The van der Waals surface area contributed by atoms with Crippen LogP contribution in [0.1, 0.15) is 18.9 Å². The van der Waals surface area contributed by atoms with Crippen LogP contribution in [0.15, 0.2) is 18.2 Å². The second-order valence-corrected chi connectivity index (χ2v) is 3.92. The van der Waals surface area contributed by atoms with Crippen LogP contribution in [0.25, 0.3) is 0 Å². The summed E-state index contributed by atoms with van der Waals surface area (Å²) in [6, 6.07) is 3.44. The normalized spacial score (nSPS) is 12.2. The van der Waals surface area contributed by atoms with E-state index in [1.54, 1.807) is 6.92 Å². The largest absolute Gasteiger partial charge is 0.353 e. The molecule has 17 heavy (non-hydrogen) atoms. The highest BCUT2D eigenvalue weighted by molar-refractivity contribution is 5.78. The molecule has 3 nitrogen and oxygen atoms in total. The predicted octanol–water partition coefficient (Wildman–Crippen LogP) is 1.36. The topological polar surface area (TPSA) is 55.1 Å². The molecule has 1 aromatic rings. The van der Waals surface area contributed by atoms with Crippen molar-refractivity contribution in [2.45, 2.75) is 25.8 Å². The first-order valence-electron chi connectivity index (χ1n) is 5.47. The van der Waals surface area contributed by atoms with Crippen LogP contribution in [0.5, 0.6) is 0 Å². The summed E-state index contributed by atoms with van der Waals surface area (Å²) < 4.78 is 26.5. The Morgan fingerprint density at radius 1 is 1.41 bits per heavy atom. The summed E-state index contributed by atoms with van der Waals surface area (Å²) >= 11 is 0. The molecule has 1 unspecified atom stereocenters. The Morgan fingerprint density at radius 3 is 2.53 bits per heavy atom. The van der Waals surface area contributed by atoms with Gasteiger partial charge in [-0.25, -0.2) is 8.78 Å². The first kappa shape index (κ1) is 13.6. The number of hydrogen-bond acceptors (Lipinski definition) is 2. The first-order valence-corrected chi connectivity index (χ1v) is 5.47. The fourth-order valence-electron chi connectivity index (χ4n) is 1.51. The summed E-state index contributed by atoms with van der Waals surface area (Å²) in [6.07, 6.45) is 0.332. The number of halogens is 2. The Morgan fingerprint density at radius 2 is 2.00 bits per heavy atom. The minimum atomic E-state index is -0.702. The maximum Gasteiger partial charge on any atom is 0.224 e. The summed E-state index contributed by atoms with van der Waals surface area (Å²) in [5.41, 5.74) is 5.13. The van der Waals surface area contributed by atoms with Gasteiger partial charge in [0.15, 0.2) is 0 Å². The fraction of sp³-hybridized carbons (Fsp3) is 0.417. The molecule has 5 heteroatoms. The van der Waals surface area contributed by atoms with Crippen molar-refractivity contribution in [2.75, 3.05) is 6.54 Å². The average molecular weight is 242 g/mol. The highest BCUT2D eigenvalue weighted by atomic mass is 19.1. The van der Waals surface area contributed by atoms with Gasteiger partial charge in [-0.1, -0.05) is 6.07 Å². The molecule has 0 aliphatic carbocycles. The SMILES string of the molecule is CC(CCN)NC(=O)Cc1c(F)cccc1F. The molecule has 0 bridgehead atoms. The summed E-state index contributed by atoms with van der Waals surface area (Å²) in [6.45, 7) is 2.25. The third-order valence-corrected chi connectivity index (χ3v) is 2.41. The van der Waals surface area contributed by atoms with Gasteiger partial charge in [-0.05, 0) is 32.0 Å². The number of nitrogens with one attached hydrogen (secondary N) is 1. The molecular weight excluding hydrogens is 226 g/mol. The van der Waals surface area contributed by atoms with Gasteiger partial charge in [0.25, 0.3) is 0 Å². The number of amides is 1. The minimum Gasteiger partial charge on any atom is -0.353 e. The molecule has 3 N–H and O–H groups in total. The lowest BCUT2D eigenvalue weighted by Crippen LogP contribution is -2.35. The molecule has 1 aromatic carbocycles. The van der Waals surface area contributed by atoms with Crippen molar-refractivity contribution in [1.82, 2.24) is 5.32 Å². The quantitative estimate of drug-likeness (QED) is 0.819. The molecule has 0 aliphatic rings. The van der Waals surface area contributed by atoms with Gasteiger partial charge in [-0.15, -0.1) is 0 Å². The molecule has 0 radical (unpaired) electrons. The van der Waals surface area contributed by atoms with Crippen LogP contribution in [-0.4, -0.2) is 18.5 Å². The van der Waals surface area contributed by atoms with E-state index in [1.165, 1.54) is 6.07 Å². The van der Waals surface area contributed by atoms with E-state index in [0.717, 1.165) is 12.1 Å². The van der Waals surface area contributed by atoms with E-state index in [4.69, 9.17) is 5.73 Å². The summed E-state index contributed by atoms with van der Waals surface area (Å²) in [7, 11) is 0. The third kappa shape index (κ3) is 4.11. The molecule has 1 amide bonds. The van der Waals surface area contributed by atoms with Crippen LogP contribution in [0, 0.1) is 11.6 Å². The van der Waals surface area contributed by atoms with Crippen LogP contribution < -0.4 is 11.1 Å². The first-order chi connectivity index (χ1) is 8.04. The molecule has 1 rings (SSSR count). The van der Waals surface area contributed by atoms with Crippen molar-refractivity contribution in [3.05, 3.63) is 35.4 Å². The predicted molar refractivity (Wildman–Crippen MR) is 61.3 cm³/mol. The van der Waals surface area contributed by atoms with Gasteiger partial charge in [0.2, 0.25) is 5.91 Å². The van der Waals surface area contributed by atoms with E-state index in [9.17, 15) is 13.6 Å². The van der Waals surface area contributed by atoms with Gasteiger partial charge >= 0.3 is 0 Å². The van der Waals surface area contributed by atoms with E-state index in [1.807, 2.05) is 0 Å². The lowest BCUT2D eigenvalue weighted by molar-refractivity contribution is -0.121. The number of rotatable bonds is 5. The van der Waals surface area contributed by atoms with Gasteiger partial charge in [0.1, 0.15) is 11.6 Å². The summed E-state index contributed by atoms with van der Waals surface area (Å²) in [5.74, 6) is -1.81. The van der Waals surface area contributed by atoms with Crippen molar-refractivity contribution < 1.29 is 13.6 Å². The van der Waals surface area contributed by atoms with Crippen molar-refractivity contribution >= 4 is 5.91 Å². The lowest BCUT2D eigenvalue weighted by Gasteiger charge is -2.13. The zero-order chi connectivity index (χ0) is 12.8. The minimum absolute atomic E-state index is 0.0951. The molecule has 0 spiro atoms. The average Bonchev–Trinajstić information content (AvgIpc) is 2.24. The summed E-state index contributed by atoms with van der Waals surface area (Å²) in [5, 5.41) is 2.63. The van der Waals surface area contributed by atoms with Crippen molar-refractivity contribution in [1.29, 1.82) is 0 Å². The molecule has 94 valence electrons. The van der Waals surface area contributed by atoms with E-state index in [2.05, 4.69) is 5.32 Å². The maximum atomic E-state index is 13.3. The van der Waals surface area contributed by atoms with E-state index in [-0.39, 0.29) is 18.0 Å². The zero-order valence-corrected chi connectivity index (χ0v) is 9.67. The summed E-state index contributed by atoms with van der Waals surface area (Å²) in [4.78, 5) is 11.5. The van der Waals surface area contributed by atoms with Crippen LogP contribution in [0.3, 0.4) is 0 Å². The van der Waals surface area contributed by atoms with Gasteiger partial charge in [-0.3, -0.25) is 4.79 Å².